The van der Waals surface area contributed by atoms with Gasteiger partial charge in [0.2, 0.25) is 5.91 Å². The Morgan fingerprint density at radius 3 is 2.68 bits per heavy atom. The lowest BCUT2D eigenvalue weighted by molar-refractivity contribution is -0.116. The van der Waals surface area contributed by atoms with Crippen LogP contribution < -0.4 is 11.1 Å². The molecule has 0 aliphatic heterocycles. The number of carbonyl (C=O) groups is 2. The van der Waals surface area contributed by atoms with Crippen molar-refractivity contribution in [2.75, 3.05) is 11.1 Å². The van der Waals surface area contributed by atoms with Crippen molar-refractivity contribution >= 4 is 39.9 Å². The van der Waals surface area contributed by atoms with Gasteiger partial charge < -0.3 is 11.1 Å². The molecule has 0 bridgehead atoms. The minimum Gasteiger partial charge on any atom is -0.366 e. The van der Waals surface area contributed by atoms with Gasteiger partial charge in [0, 0.05) is 12.2 Å². The van der Waals surface area contributed by atoms with Crippen LogP contribution in [0.2, 0.25) is 0 Å². The van der Waals surface area contributed by atoms with E-state index in [1.807, 2.05) is 30.0 Å². The van der Waals surface area contributed by atoms with Crippen molar-refractivity contribution in [3.05, 3.63) is 52.9 Å². The van der Waals surface area contributed by atoms with Crippen molar-refractivity contribution < 1.29 is 9.59 Å². The summed E-state index contributed by atoms with van der Waals surface area (Å²) in [5, 5.41) is 5.03. The van der Waals surface area contributed by atoms with Gasteiger partial charge in [-0.3, -0.25) is 9.59 Å². The zero-order chi connectivity index (χ0) is 15.8. The average molecular weight is 334 g/mol. The lowest BCUT2D eigenvalue weighted by Crippen LogP contribution is -2.16. The van der Waals surface area contributed by atoms with Gasteiger partial charge in [-0.25, -0.2) is 0 Å². The predicted octanol–water partition coefficient (Wildman–Crippen LogP) is 3.50. The second-order valence-electron chi connectivity index (χ2n) is 4.72. The molecule has 0 unspecified atom stereocenters. The minimum atomic E-state index is -0.519. The Morgan fingerprint density at radius 2 is 1.95 bits per heavy atom. The van der Waals surface area contributed by atoms with Crippen molar-refractivity contribution in [2.45, 2.75) is 18.6 Å². The third-order valence-electron chi connectivity index (χ3n) is 2.99. The Bertz CT molecular complexity index is 626. The summed E-state index contributed by atoms with van der Waals surface area (Å²) in [4.78, 5) is 23.0. The largest absolute Gasteiger partial charge is 0.366 e. The second kappa shape index (κ2) is 8.60. The average Bonchev–Trinajstić information content (AvgIpc) is 2.96. The Kier molecular flexibility index (Phi) is 6.48. The normalized spacial score (nSPS) is 10.4. The number of thioether (sulfide) groups is 1. The summed E-state index contributed by atoms with van der Waals surface area (Å²) in [5.41, 5.74) is 6.91. The van der Waals surface area contributed by atoms with E-state index in [4.69, 9.17) is 5.73 Å². The van der Waals surface area contributed by atoms with Crippen LogP contribution in [0.15, 0.2) is 41.8 Å². The Morgan fingerprint density at radius 1 is 1.18 bits per heavy atom. The number of anilines is 1. The number of nitrogens with two attached hydrogens (primary N) is 1. The SMILES string of the molecule is NC(=O)c1ccsc1NC(=O)CCCSCc1ccccc1. The van der Waals surface area contributed by atoms with Crippen LogP contribution in [0.3, 0.4) is 0 Å². The number of amides is 2. The molecule has 4 nitrogen and oxygen atoms in total. The number of hydrogen-bond donors (Lipinski definition) is 2. The smallest absolute Gasteiger partial charge is 0.251 e. The van der Waals surface area contributed by atoms with Gasteiger partial charge in [0.1, 0.15) is 5.00 Å². The maximum absolute atomic E-state index is 11.9. The van der Waals surface area contributed by atoms with Gasteiger partial charge in [0.25, 0.3) is 5.91 Å². The number of carbonyl (C=O) groups excluding carboxylic acids is 2. The first-order chi connectivity index (χ1) is 10.7. The number of hydrogen-bond acceptors (Lipinski definition) is 4. The monoisotopic (exact) mass is 334 g/mol. The highest BCUT2D eigenvalue weighted by atomic mass is 32.2. The summed E-state index contributed by atoms with van der Waals surface area (Å²) in [6.07, 6.45) is 1.25. The summed E-state index contributed by atoms with van der Waals surface area (Å²) in [6.45, 7) is 0. The molecule has 0 saturated heterocycles. The third-order valence-corrected chi connectivity index (χ3v) is 4.93. The van der Waals surface area contributed by atoms with E-state index in [9.17, 15) is 9.59 Å². The van der Waals surface area contributed by atoms with Crippen LogP contribution in [0.25, 0.3) is 0 Å². The van der Waals surface area contributed by atoms with Crippen LogP contribution in [0, 0.1) is 0 Å². The van der Waals surface area contributed by atoms with Gasteiger partial charge in [-0.05, 0) is 29.2 Å². The first-order valence-electron chi connectivity index (χ1n) is 6.95. The molecule has 2 rings (SSSR count). The van der Waals surface area contributed by atoms with Crippen molar-refractivity contribution in [3.63, 3.8) is 0 Å². The van der Waals surface area contributed by atoms with Crippen molar-refractivity contribution in [3.8, 4) is 0 Å². The standard InChI is InChI=1S/C16H18N2O2S2/c17-15(20)13-8-10-22-16(13)18-14(19)7-4-9-21-11-12-5-2-1-3-6-12/h1-3,5-6,8,10H,4,7,9,11H2,(H2,17,20)(H,18,19). The molecule has 0 aliphatic carbocycles. The summed E-state index contributed by atoms with van der Waals surface area (Å²) >= 11 is 3.12. The van der Waals surface area contributed by atoms with Crippen LogP contribution in [-0.2, 0) is 10.5 Å². The lowest BCUT2D eigenvalue weighted by Gasteiger charge is -2.05. The zero-order valence-corrected chi connectivity index (χ0v) is 13.7. The number of benzene rings is 1. The molecule has 1 aromatic heterocycles. The highest BCUT2D eigenvalue weighted by Gasteiger charge is 2.12. The Hall–Kier alpha value is -1.79. The van der Waals surface area contributed by atoms with E-state index in [0.717, 1.165) is 17.9 Å². The Labute approximate surface area is 138 Å². The molecule has 0 aliphatic rings. The lowest BCUT2D eigenvalue weighted by atomic mass is 10.2. The van der Waals surface area contributed by atoms with Crippen LogP contribution in [-0.4, -0.2) is 17.6 Å². The minimum absolute atomic E-state index is 0.0785. The molecule has 0 saturated carbocycles. The fourth-order valence-corrected chi connectivity index (χ4v) is 3.62. The number of thiophene rings is 1. The maximum Gasteiger partial charge on any atom is 0.251 e. The third kappa shape index (κ3) is 5.20. The van der Waals surface area contributed by atoms with E-state index in [2.05, 4.69) is 17.4 Å². The molecule has 0 fully saturated rings. The fourth-order valence-electron chi connectivity index (χ4n) is 1.89. The molecule has 1 heterocycles. The van der Waals surface area contributed by atoms with E-state index in [1.54, 1.807) is 11.4 Å². The van der Waals surface area contributed by atoms with Crippen LogP contribution in [0.1, 0.15) is 28.8 Å². The highest BCUT2D eigenvalue weighted by Crippen LogP contribution is 2.23. The molecule has 0 atom stereocenters. The summed E-state index contributed by atoms with van der Waals surface area (Å²) in [6, 6.07) is 11.9. The maximum atomic E-state index is 11.9. The van der Waals surface area contributed by atoms with Gasteiger partial charge >= 0.3 is 0 Å². The molecular weight excluding hydrogens is 316 g/mol. The molecule has 2 aromatic rings. The first kappa shape index (κ1) is 16.6. The summed E-state index contributed by atoms with van der Waals surface area (Å²) in [7, 11) is 0. The molecule has 116 valence electrons. The van der Waals surface area contributed by atoms with E-state index in [1.165, 1.54) is 16.9 Å². The molecule has 1 aromatic carbocycles. The van der Waals surface area contributed by atoms with Crippen LogP contribution >= 0.6 is 23.1 Å². The number of primary amides is 1. The molecule has 22 heavy (non-hydrogen) atoms. The van der Waals surface area contributed by atoms with Crippen molar-refractivity contribution in [1.82, 2.24) is 0 Å². The molecule has 2 amide bonds. The van der Waals surface area contributed by atoms with E-state index in [-0.39, 0.29) is 5.91 Å². The first-order valence-corrected chi connectivity index (χ1v) is 8.99. The van der Waals surface area contributed by atoms with Gasteiger partial charge in [-0.1, -0.05) is 30.3 Å². The summed E-state index contributed by atoms with van der Waals surface area (Å²) in [5.74, 6) is 1.29. The van der Waals surface area contributed by atoms with Gasteiger partial charge in [0.15, 0.2) is 0 Å². The summed E-state index contributed by atoms with van der Waals surface area (Å²) < 4.78 is 0. The fraction of sp³-hybridized carbons (Fsp3) is 0.250. The molecule has 0 radical (unpaired) electrons. The van der Waals surface area contributed by atoms with E-state index < -0.39 is 5.91 Å². The second-order valence-corrected chi connectivity index (χ2v) is 6.74. The van der Waals surface area contributed by atoms with Crippen molar-refractivity contribution in [1.29, 1.82) is 0 Å². The molecule has 6 heteroatoms. The topological polar surface area (TPSA) is 72.2 Å². The van der Waals surface area contributed by atoms with Crippen LogP contribution in [0.4, 0.5) is 5.00 Å². The zero-order valence-electron chi connectivity index (χ0n) is 12.1. The van der Waals surface area contributed by atoms with E-state index in [0.29, 0.717) is 17.0 Å². The molecule has 0 spiro atoms. The molecule has 3 N–H and O–H groups in total. The predicted molar refractivity (Wildman–Crippen MR) is 93.3 cm³/mol. The Balaban J connectivity index is 1.66. The van der Waals surface area contributed by atoms with E-state index >= 15 is 0 Å². The number of rotatable bonds is 8. The van der Waals surface area contributed by atoms with Gasteiger partial charge in [0.05, 0.1) is 5.56 Å². The van der Waals surface area contributed by atoms with Gasteiger partial charge in [-0.15, -0.1) is 11.3 Å². The number of nitrogens with one attached hydrogen (secondary N) is 1. The van der Waals surface area contributed by atoms with Crippen LogP contribution in [0.5, 0.6) is 0 Å². The quantitative estimate of drug-likeness (QED) is 0.726. The van der Waals surface area contributed by atoms with Gasteiger partial charge in [-0.2, -0.15) is 11.8 Å². The molecular formula is C16H18N2O2S2. The highest BCUT2D eigenvalue weighted by molar-refractivity contribution is 7.98. The van der Waals surface area contributed by atoms with Crippen molar-refractivity contribution in [2.24, 2.45) is 5.73 Å².